The third-order valence-electron chi connectivity index (χ3n) is 3.36. The molecule has 0 spiro atoms. The van der Waals surface area contributed by atoms with Crippen LogP contribution in [0.1, 0.15) is 29.8 Å². The molecule has 0 amide bonds. The van der Waals surface area contributed by atoms with Gasteiger partial charge in [0, 0.05) is 6.20 Å². The molecule has 2 rings (SSSR count). The largest absolute Gasteiger partial charge is 0.496 e. The highest BCUT2D eigenvalue weighted by molar-refractivity contribution is 5.34. The fraction of sp³-hybridized carbons (Fsp3) is 0.353. The number of methoxy groups -OCH3 is 1. The van der Waals surface area contributed by atoms with Crippen molar-refractivity contribution in [1.29, 1.82) is 0 Å². The summed E-state index contributed by atoms with van der Waals surface area (Å²) in [5.41, 5.74) is 3.51. The predicted octanol–water partition coefficient (Wildman–Crippen LogP) is 3.29. The number of aryl methyl sites for hydroxylation is 1. The highest BCUT2D eigenvalue weighted by atomic mass is 16.5. The molecule has 1 aromatic carbocycles. The second-order valence-corrected chi connectivity index (χ2v) is 4.88. The molecule has 0 fully saturated rings. The minimum atomic E-state index is 0.205. The van der Waals surface area contributed by atoms with Crippen LogP contribution in [0.25, 0.3) is 0 Å². The summed E-state index contributed by atoms with van der Waals surface area (Å²) in [5.74, 6) is 0.933. The lowest BCUT2D eigenvalue weighted by molar-refractivity contribution is 0.405. The Balaban J connectivity index is 2.25. The van der Waals surface area contributed by atoms with Crippen LogP contribution in [-0.2, 0) is 6.42 Å². The first-order valence-corrected chi connectivity index (χ1v) is 7.02. The first-order valence-electron chi connectivity index (χ1n) is 7.02. The van der Waals surface area contributed by atoms with Gasteiger partial charge >= 0.3 is 0 Å². The van der Waals surface area contributed by atoms with Crippen LogP contribution >= 0.6 is 0 Å². The third-order valence-corrected chi connectivity index (χ3v) is 3.36. The smallest absolute Gasteiger partial charge is 0.122 e. The van der Waals surface area contributed by atoms with Crippen LogP contribution in [0.3, 0.4) is 0 Å². The zero-order valence-electron chi connectivity index (χ0n) is 12.4. The average Bonchev–Trinajstić information content (AvgIpc) is 2.47. The molecule has 3 heteroatoms. The van der Waals surface area contributed by atoms with Gasteiger partial charge in [0.1, 0.15) is 5.75 Å². The van der Waals surface area contributed by atoms with E-state index >= 15 is 0 Å². The zero-order chi connectivity index (χ0) is 14.4. The maximum absolute atomic E-state index is 5.44. The SMILES string of the molecule is CCNC(Cc1ccccc1OC)c1cc(C)ccn1. The van der Waals surface area contributed by atoms with Crippen LogP contribution in [0.15, 0.2) is 42.6 Å². The Hall–Kier alpha value is -1.87. The van der Waals surface area contributed by atoms with Gasteiger partial charge in [-0.3, -0.25) is 4.98 Å². The second kappa shape index (κ2) is 7.06. The van der Waals surface area contributed by atoms with E-state index in [2.05, 4.69) is 36.3 Å². The maximum atomic E-state index is 5.44. The number of hydrogen-bond acceptors (Lipinski definition) is 3. The summed E-state index contributed by atoms with van der Waals surface area (Å²) in [6.45, 7) is 5.12. The van der Waals surface area contributed by atoms with Crippen LogP contribution in [0.4, 0.5) is 0 Å². The Morgan fingerprint density at radius 2 is 2.05 bits per heavy atom. The molecule has 0 aliphatic heterocycles. The van der Waals surface area contributed by atoms with Gasteiger partial charge in [-0.25, -0.2) is 0 Å². The van der Waals surface area contributed by atoms with Crippen molar-refractivity contribution in [2.75, 3.05) is 13.7 Å². The molecule has 0 aliphatic rings. The van der Waals surface area contributed by atoms with Gasteiger partial charge in [0.05, 0.1) is 18.8 Å². The number of rotatable bonds is 6. The van der Waals surface area contributed by atoms with Gasteiger partial charge in [-0.15, -0.1) is 0 Å². The Kier molecular flexibility index (Phi) is 5.13. The highest BCUT2D eigenvalue weighted by Gasteiger charge is 2.15. The van der Waals surface area contributed by atoms with Crippen LogP contribution in [0, 0.1) is 6.92 Å². The molecular weight excluding hydrogens is 248 g/mol. The van der Waals surface area contributed by atoms with Crippen molar-refractivity contribution in [3.63, 3.8) is 0 Å². The number of aromatic nitrogens is 1. The first kappa shape index (κ1) is 14.5. The molecule has 0 aliphatic carbocycles. The summed E-state index contributed by atoms with van der Waals surface area (Å²) in [6, 6.07) is 12.5. The molecule has 0 radical (unpaired) electrons. The summed E-state index contributed by atoms with van der Waals surface area (Å²) in [4.78, 5) is 4.51. The monoisotopic (exact) mass is 270 g/mol. The summed E-state index contributed by atoms with van der Waals surface area (Å²) in [5, 5.41) is 3.51. The van der Waals surface area contributed by atoms with E-state index in [0.717, 1.165) is 24.4 Å². The van der Waals surface area contributed by atoms with Crippen molar-refractivity contribution >= 4 is 0 Å². The van der Waals surface area contributed by atoms with E-state index < -0.39 is 0 Å². The van der Waals surface area contributed by atoms with E-state index in [9.17, 15) is 0 Å². The van der Waals surface area contributed by atoms with Crippen molar-refractivity contribution in [3.8, 4) is 5.75 Å². The number of nitrogens with zero attached hydrogens (tertiary/aromatic N) is 1. The lowest BCUT2D eigenvalue weighted by Crippen LogP contribution is -2.24. The van der Waals surface area contributed by atoms with E-state index in [0.29, 0.717) is 0 Å². The summed E-state index contributed by atoms with van der Waals surface area (Å²) in [7, 11) is 1.71. The van der Waals surface area contributed by atoms with Gasteiger partial charge in [-0.05, 0) is 49.2 Å². The van der Waals surface area contributed by atoms with E-state index in [1.165, 1.54) is 11.1 Å². The number of hydrogen-bond donors (Lipinski definition) is 1. The molecule has 1 N–H and O–H groups in total. The molecule has 1 aromatic heterocycles. The lowest BCUT2D eigenvalue weighted by Gasteiger charge is -2.19. The molecule has 2 aromatic rings. The molecule has 0 saturated carbocycles. The Labute approximate surface area is 121 Å². The summed E-state index contributed by atoms with van der Waals surface area (Å²) < 4.78 is 5.44. The Bertz CT molecular complexity index is 554. The van der Waals surface area contributed by atoms with Crippen molar-refractivity contribution in [1.82, 2.24) is 10.3 Å². The van der Waals surface area contributed by atoms with Gasteiger partial charge < -0.3 is 10.1 Å². The van der Waals surface area contributed by atoms with E-state index in [4.69, 9.17) is 4.74 Å². The standard InChI is InChI=1S/C17H22N2O/c1-4-18-16(15-11-13(2)9-10-19-15)12-14-7-5-6-8-17(14)20-3/h5-11,16,18H,4,12H2,1-3H3. The Morgan fingerprint density at radius 3 is 2.75 bits per heavy atom. The first-order chi connectivity index (χ1) is 9.74. The number of likely N-dealkylation sites (N-methyl/N-ethyl adjacent to an activating group) is 1. The lowest BCUT2D eigenvalue weighted by atomic mass is 10.0. The highest BCUT2D eigenvalue weighted by Crippen LogP contribution is 2.24. The maximum Gasteiger partial charge on any atom is 0.122 e. The van der Waals surface area contributed by atoms with Gasteiger partial charge in [0.15, 0.2) is 0 Å². The molecule has 3 nitrogen and oxygen atoms in total. The van der Waals surface area contributed by atoms with Crippen molar-refractivity contribution in [3.05, 3.63) is 59.4 Å². The zero-order valence-corrected chi connectivity index (χ0v) is 12.4. The average molecular weight is 270 g/mol. The molecule has 0 bridgehead atoms. The van der Waals surface area contributed by atoms with Crippen LogP contribution in [-0.4, -0.2) is 18.6 Å². The molecule has 1 unspecified atom stereocenters. The predicted molar refractivity (Wildman–Crippen MR) is 82.1 cm³/mol. The number of benzene rings is 1. The number of nitrogens with one attached hydrogen (secondary N) is 1. The topological polar surface area (TPSA) is 34.1 Å². The third kappa shape index (κ3) is 3.58. The van der Waals surface area contributed by atoms with Crippen molar-refractivity contribution < 1.29 is 4.74 Å². The molecule has 1 atom stereocenters. The molecule has 106 valence electrons. The minimum Gasteiger partial charge on any atom is -0.496 e. The van der Waals surface area contributed by atoms with E-state index in [1.54, 1.807) is 7.11 Å². The van der Waals surface area contributed by atoms with Gasteiger partial charge in [0.25, 0.3) is 0 Å². The second-order valence-electron chi connectivity index (χ2n) is 4.88. The van der Waals surface area contributed by atoms with Crippen LogP contribution < -0.4 is 10.1 Å². The molecule has 20 heavy (non-hydrogen) atoms. The van der Waals surface area contributed by atoms with E-state index in [-0.39, 0.29) is 6.04 Å². The molecule has 1 heterocycles. The fourth-order valence-electron chi connectivity index (χ4n) is 2.37. The van der Waals surface area contributed by atoms with Gasteiger partial charge in [-0.1, -0.05) is 25.1 Å². The Morgan fingerprint density at radius 1 is 1.25 bits per heavy atom. The van der Waals surface area contributed by atoms with Gasteiger partial charge in [0.2, 0.25) is 0 Å². The van der Waals surface area contributed by atoms with Crippen LogP contribution in [0.2, 0.25) is 0 Å². The number of para-hydroxylation sites is 1. The summed E-state index contributed by atoms with van der Waals surface area (Å²) >= 11 is 0. The fourth-order valence-corrected chi connectivity index (χ4v) is 2.37. The number of ether oxygens (including phenoxy) is 1. The molecule has 0 saturated heterocycles. The molecular formula is C17H22N2O. The minimum absolute atomic E-state index is 0.205. The normalized spacial score (nSPS) is 12.2. The quantitative estimate of drug-likeness (QED) is 0.874. The summed E-state index contributed by atoms with van der Waals surface area (Å²) in [6.07, 6.45) is 2.74. The van der Waals surface area contributed by atoms with E-state index in [1.807, 2.05) is 30.5 Å². The van der Waals surface area contributed by atoms with Crippen molar-refractivity contribution in [2.24, 2.45) is 0 Å². The van der Waals surface area contributed by atoms with Crippen LogP contribution in [0.5, 0.6) is 5.75 Å². The van der Waals surface area contributed by atoms with Crippen molar-refractivity contribution in [2.45, 2.75) is 26.3 Å². The van der Waals surface area contributed by atoms with Gasteiger partial charge in [-0.2, -0.15) is 0 Å². The number of pyridine rings is 1.